The molecule has 1 aliphatic heterocycles. The molecule has 9 nitrogen and oxygen atoms in total. The van der Waals surface area contributed by atoms with Gasteiger partial charge in [-0.15, -0.1) is 0 Å². The number of nitriles is 1. The van der Waals surface area contributed by atoms with Crippen molar-refractivity contribution in [3.05, 3.63) is 48.5 Å². The SMILES string of the molecule is N#Cc1ccn2ncc(-c3ccc4ncn(C5CCCN(C(=O)O)C5)c4n3)c2c1. The summed E-state index contributed by atoms with van der Waals surface area (Å²) in [5.74, 6) is 0. The minimum Gasteiger partial charge on any atom is -0.465 e. The first kappa shape index (κ1) is 17.2. The molecular weight excluding hydrogens is 370 g/mol. The van der Waals surface area contributed by atoms with E-state index in [0.29, 0.717) is 18.7 Å². The van der Waals surface area contributed by atoms with Crippen LogP contribution in [0, 0.1) is 11.3 Å². The summed E-state index contributed by atoms with van der Waals surface area (Å²) in [6, 6.07) is 9.45. The lowest BCUT2D eigenvalue weighted by Gasteiger charge is -2.31. The van der Waals surface area contributed by atoms with E-state index < -0.39 is 6.09 Å². The van der Waals surface area contributed by atoms with Gasteiger partial charge in [-0.25, -0.2) is 19.3 Å². The number of nitrogens with zero attached hydrogens (tertiary/aromatic N) is 7. The molecule has 5 rings (SSSR count). The fraction of sp³-hybridized carbons (Fsp3) is 0.250. The summed E-state index contributed by atoms with van der Waals surface area (Å²) in [7, 11) is 0. The maximum atomic E-state index is 11.4. The molecule has 0 saturated carbocycles. The van der Waals surface area contributed by atoms with Crippen molar-refractivity contribution >= 4 is 22.8 Å². The van der Waals surface area contributed by atoms with Crippen LogP contribution in [0.2, 0.25) is 0 Å². The van der Waals surface area contributed by atoms with Gasteiger partial charge in [-0.3, -0.25) is 0 Å². The number of imidazole rings is 1. The maximum Gasteiger partial charge on any atom is 0.407 e. The molecule has 1 amide bonds. The highest BCUT2D eigenvalue weighted by molar-refractivity contribution is 5.82. The number of carbonyl (C=O) groups is 1. The Bertz CT molecular complexity index is 1280. The Morgan fingerprint density at radius 2 is 2.21 bits per heavy atom. The number of rotatable bonds is 2. The van der Waals surface area contributed by atoms with Crippen molar-refractivity contribution in [3.63, 3.8) is 0 Å². The van der Waals surface area contributed by atoms with Gasteiger partial charge < -0.3 is 14.6 Å². The van der Waals surface area contributed by atoms with Gasteiger partial charge in [0, 0.05) is 24.8 Å². The third-order valence-corrected chi connectivity index (χ3v) is 5.41. The molecule has 1 saturated heterocycles. The molecule has 144 valence electrons. The second-order valence-corrected chi connectivity index (χ2v) is 7.13. The zero-order chi connectivity index (χ0) is 20.0. The second kappa shape index (κ2) is 6.60. The minimum absolute atomic E-state index is 0.00157. The fourth-order valence-electron chi connectivity index (χ4n) is 3.93. The van der Waals surface area contributed by atoms with E-state index in [9.17, 15) is 15.2 Å². The largest absolute Gasteiger partial charge is 0.465 e. The Morgan fingerprint density at radius 3 is 3.03 bits per heavy atom. The smallest absolute Gasteiger partial charge is 0.407 e. The van der Waals surface area contributed by atoms with Crippen LogP contribution in [-0.4, -0.2) is 53.3 Å². The standard InChI is InChI=1S/C20H17N7O2/c21-9-13-5-7-27-18(8-13)15(10-23-27)16-3-4-17-19(24-16)26(12-22-17)14-2-1-6-25(11-14)20(28)29/h3-5,7-8,10,12,14H,1-2,6,11H2,(H,28,29). The van der Waals surface area contributed by atoms with Crippen LogP contribution in [0.25, 0.3) is 27.9 Å². The predicted molar refractivity (Wildman–Crippen MR) is 104 cm³/mol. The topological polar surface area (TPSA) is 112 Å². The van der Waals surface area contributed by atoms with Crippen molar-refractivity contribution in [1.82, 2.24) is 29.0 Å². The summed E-state index contributed by atoms with van der Waals surface area (Å²) in [4.78, 5) is 22.1. The van der Waals surface area contributed by atoms with E-state index >= 15 is 0 Å². The zero-order valence-corrected chi connectivity index (χ0v) is 15.4. The van der Waals surface area contributed by atoms with Gasteiger partial charge in [0.15, 0.2) is 5.65 Å². The molecule has 1 unspecified atom stereocenters. The van der Waals surface area contributed by atoms with Crippen molar-refractivity contribution in [2.45, 2.75) is 18.9 Å². The number of fused-ring (bicyclic) bond motifs is 2. The van der Waals surface area contributed by atoms with Gasteiger partial charge in [0.1, 0.15) is 5.52 Å². The number of piperidine rings is 1. The number of amides is 1. The average Bonchev–Trinajstić information content (AvgIpc) is 3.36. The zero-order valence-electron chi connectivity index (χ0n) is 15.4. The molecule has 29 heavy (non-hydrogen) atoms. The summed E-state index contributed by atoms with van der Waals surface area (Å²) < 4.78 is 3.69. The van der Waals surface area contributed by atoms with Crippen LogP contribution < -0.4 is 0 Å². The van der Waals surface area contributed by atoms with Gasteiger partial charge in [-0.1, -0.05) is 0 Å². The van der Waals surface area contributed by atoms with E-state index in [0.717, 1.165) is 40.8 Å². The Balaban J connectivity index is 1.59. The normalized spacial score (nSPS) is 16.9. The Morgan fingerprint density at radius 1 is 1.31 bits per heavy atom. The van der Waals surface area contributed by atoms with E-state index in [2.05, 4.69) is 16.2 Å². The first-order valence-electron chi connectivity index (χ1n) is 9.33. The Labute approximate surface area is 165 Å². The lowest BCUT2D eigenvalue weighted by molar-refractivity contribution is 0.122. The quantitative estimate of drug-likeness (QED) is 0.566. The summed E-state index contributed by atoms with van der Waals surface area (Å²) in [6.07, 6.45) is 6.01. The number of aromatic nitrogens is 5. The number of hydrogen-bond donors (Lipinski definition) is 1. The van der Waals surface area contributed by atoms with Crippen molar-refractivity contribution in [1.29, 1.82) is 5.26 Å². The van der Waals surface area contributed by atoms with Gasteiger partial charge in [-0.05, 0) is 37.1 Å². The van der Waals surface area contributed by atoms with Gasteiger partial charge in [-0.2, -0.15) is 10.4 Å². The number of hydrogen-bond acceptors (Lipinski definition) is 5. The van der Waals surface area contributed by atoms with E-state index in [1.54, 1.807) is 35.4 Å². The van der Waals surface area contributed by atoms with Gasteiger partial charge in [0.05, 0.1) is 41.4 Å². The van der Waals surface area contributed by atoms with Crippen molar-refractivity contribution in [2.24, 2.45) is 0 Å². The van der Waals surface area contributed by atoms with Crippen molar-refractivity contribution in [3.8, 4) is 17.3 Å². The molecule has 0 aliphatic carbocycles. The van der Waals surface area contributed by atoms with E-state index in [1.807, 2.05) is 16.7 Å². The van der Waals surface area contributed by atoms with Crippen LogP contribution in [0.15, 0.2) is 43.0 Å². The summed E-state index contributed by atoms with van der Waals surface area (Å²) in [5.41, 5.74) is 4.40. The van der Waals surface area contributed by atoms with E-state index in [-0.39, 0.29) is 6.04 Å². The van der Waals surface area contributed by atoms with Crippen molar-refractivity contribution < 1.29 is 9.90 Å². The van der Waals surface area contributed by atoms with Crippen LogP contribution in [0.4, 0.5) is 4.79 Å². The Kier molecular flexibility index (Phi) is 3.91. The third kappa shape index (κ3) is 2.86. The number of likely N-dealkylation sites (tertiary alicyclic amines) is 1. The molecule has 1 fully saturated rings. The van der Waals surface area contributed by atoms with Gasteiger partial charge in [0.2, 0.25) is 0 Å². The lowest BCUT2D eigenvalue weighted by atomic mass is 10.1. The molecule has 4 aromatic heterocycles. The van der Waals surface area contributed by atoms with Gasteiger partial charge in [0.25, 0.3) is 0 Å². The Hall–Kier alpha value is -3.93. The molecule has 0 aromatic carbocycles. The monoisotopic (exact) mass is 387 g/mol. The molecule has 0 radical (unpaired) electrons. The van der Waals surface area contributed by atoms with E-state index in [1.165, 1.54) is 4.90 Å². The summed E-state index contributed by atoms with van der Waals surface area (Å²) in [5, 5.41) is 22.9. The minimum atomic E-state index is -0.896. The molecule has 9 heteroatoms. The molecule has 5 heterocycles. The summed E-state index contributed by atoms with van der Waals surface area (Å²) in [6.45, 7) is 0.982. The molecule has 1 atom stereocenters. The van der Waals surface area contributed by atoms with Crippen LogP contribution in [0.3, 0.4) is 0 Å². The molecule has 1 aliphatic rings. The van der Waals surface area contributed by atoms with Crippen LogP contribution >= 0.6 is 0 Å². The maximum absolute atomic E-state index is 11.4. The third-order valence-electron chi connectivity index (χ3n) is 5.41. The molecule has 4 aromatic rings. The molecule has 0 spiro atoms. The fourth-order valence-corrected chi connectivity index (χ4v) is 3.93. The van der Waals surface area contributed by atoms with Crippen LogP contribution in [-0.2, 0) is 0 Å². The number of carboxylic acid groups (broad SMARTS) is 1. The number of pyridine rings is 2. The molecule has 0 bridgehead atoms. The first-order valence-corrected chi connectivity index (χ1v) is 9.33. The highest BCUT2D eigenvalue weighted by Crippen LogP contribution is 2.28. The average molecular weight is 387 g/mol. The van der Waals surface area contributed by atoms with Gasteiger partial charge >= 0.3 is 6.09 Å². The van der Waals surface area contributed by atoms with Crippen LogP contribution in [0.5, 0.6) is 0 Å². The van der Waals surface area contributed by atoms with Crippen LogP contribution in [0.1, 0.15) is 24.4 Å². The lowest BCUT2D eigenvalue weighted by Crippen LogP contribution is -2.39. The summed E-state index contributed by atoms with van der Waals surface area (Å²) >= 11 is 0. The molecule has 1 N–H and O–H groups in total. The predicted octanol–water partition coefficient (Wildman–Crippen LogP) is 2.93. The van der Waals surface area contributed by atoms with Crippen molar-refractivity contribution in [2.75, 3.05) is 13.1 Å². The molecular formula is C20H17N7O2. The first-order chi connectivity index (χ1) is 14.1. The second-order valence-electron chi connectivity index (χ2n) is 7.13. The van der Waals surface area contributed by atoms with E-state index in [4.69, 9.17) is 4.98 Å². The highest BCUT2D eigenvalue weighted by Gasteiger charge is 2.26. The highest BCUT2D eigenvalue weighted by atomic mass is 16.4.